The topological polar surface area (TPSA) is 51.8 Å². The van der Waals surface area contributed by atoms with E-state index < -0.39 is 0 Å². The van der Waals surface area contributed by atoms with Crippen molar-refractivity contribution in [1.29, 1.82) is 0 Å². The van der Waals surface area contributed by atoms with Gasteiger partial charge in [-0.3, -0.25) is 0 Å². The minimum atomic E-state index is 0. The molecule has 0 aliphatic heterocycles. The molecular formula is C5H5K2N3. The predicted octanol–water partition coefficient (Wildman–Crippen LogP) is -6.02. The van der Waals surface area contributed by atoms with Crippen molar-refractivity contribution in [2.45, 2.75) is 6.92 Å². The predicted molar refractivity (Wildman–Crippen MR) is 28.9 cm³/mol. The first-order chi connectivity index (χ1) is 3.79. The molecule has 0 saturated heterocycles. The molecule has 2 N–H and O–H groups in total. The molecule has 0 amide bonds. The van der Waals surface area contributed by atoms with Crippen molar-refractivity contribution in [2.75, 3.05) is 5.73 Å². The van der Waals surface area contributed by atoms with Crippen LogP contribution in [0, 0.1) is 19.3 Å². The van der Waals surface area contributed by atoms with Gasteiger partial charge in [0.1, 0.15) is 0 Å². The van der Waals surface area contributed by atoms with E-state index in [9.17, 15) is 0 Å². The van der Waals surface area contributed by atoms with E-state index in [1.54, 1.807) is 6.92 Å². The van der Waals surface area contributed by atoms with Crippen molar-refractivity contribution in [3.8, 4) is 0 Å². The monoisotopic (exact) mass is 185 g/mol. The molecule has 1 aromatic heterocycles. The van der Waals surface area contributed by atoms with Gasteiger partial charge in [-0.1, -0.05) is 6.92 Å². The van der Waals surface area contributed by atoms with Gasteiger partial charge in [-0.05, 0) is 0 Å². The van der Waals surface area contributed by atoms with Gasteiger partial charge < -0.3 is 15.7 Å². The van der Waals surface area contributed by atoms with Gasteiger partial charge in [-0.25, -0.2) is 12.4 Å². The van der Waals surface area contributed by atoms with Crippen molar-refractivity contribution < 1.29 is 103 Å². The fourth-order valence-electron chi connectivity index (χ4n) is 0.332. The molecule has 0 bridgehead atoms. The molecule has 42 valence electrons. The number of anilines is 1. The van der Waals surface area contributed by atoms with Crippen LogP contribution in [-0.4, -0.2) is 9.97 Å². The average molecular weight is 185 g/mol. The largest absolute Gasteiger partial charge is 1.00 e. The Bertz CT molecular complexity index is 154. The summed E-state index contributed by atoms with van der Waals surface area (Å²) in [5.41, 5.74) is 5.55. The molecule has 1 aromatic rings. The minimum Gasteiger partial charge on any atom is -0.508 e. The molecule has 3 nitrogen and oxygen atoms in total. The molecule has 0 aliphatic rings. The Morgan fingerprint density at radius 3 is 1.90 bits per heavy atom. The molecule has 0 atom stereocenters. The maximum Gasteiger partial charge on any atom is 1.00 e. The van der Waals surface area contributed by atoms with E-state index >= 15 is 0 Å². The van der Waals surface area contributed by atoms with Crippen LogP contribution in [0.15, 0.2) is 0 Å². The van der Waals surface area contributed by atoms with Crippen LogP contribution in [0.5, 0.6) is 0 Å². The molecule has 5 heteroatoms. The van der Waals surface area contributed by atoms with Gasteiger partial charge in [0.2, 0.25) is 0 Å². The third-order valence-electron chi connectivity index (χ3n) is 0.676. The summed E-state index contributed by atoms with van der Waals surface area (Å²) in [5.74, 6) is 0.638. The molecule has 0 unspecified atom stereocenters. The van der Waals surface area contributed by atoms with Crippen LogP contribution < -0.4 is 109 Å². The Kier molecular flexibility index (Phi) is 11.4. The smallest absolute Gasteiger partial charge is 0.508 e. The first-order valence-corrected chi connectivity index (χ1v) is 2.18. The maximum absolute atomic E-state index is 5.19. The van der Waals surface area contributed by atoms with Crippen molar-refractivity contribution in [2.24, 2.45) is 0 Å². The summed E-state index contributed by atoms with van der Waals surface area (Å²) in [4.78, 5) is 7.37. The van der Waals surface area contributed by atoms with Crippen LogP contribution in [0.4, 0.5) is 5.69 Å². The van der Waals surface area contributed by atoms with Crippen LogP contribution in [0.2, 0.25) is 0 Å². The van der Waals surface area contributed by atoms with Crippen molar-refractivity contribution in [1.82, 2.24) is 9.97 Å². The molecule has 0 radical (unpaired) electrons. The number of hydrogen-bond acceptors (Lipinski definition) is 3. The number of nitrogens with zero attached hydrogens (tertiary/aromatic N) is 2. The average Bonchev–Trinajstić information content (AvgIpc) is 1.77. The number of aromatic nitrogens is 2. The van der Waals surface area contributed by atoms with E-state index in [1.807, 2.05) is 0 Å². The van der Waals surface area contributed by atoms with E-state index in [0.717, 1.165) is 0 Å². The molecular weight excluding hydrogens is 180 g/mol. The number of rotatable bonds is 0. The van der Waals surface area contributed by atoms with Crippen LogP contribution >= 0.6 is 0 Å². The van der Waals surface area contributed by atoms with Gasteiger partial charge in [0.15, 0.2) is 0 Å². The summed E-state index contributed by atoms with van der Waals surface area (Å²) in [6.45, 7) is 1.76. The van der Waals surface area contributed by atoms with E-state index in [-0.39, 0.29) is 103 Å². The SMILES string of the molecule is Cc1n[c-]c(N)[c-]n1.[K+].[K+]. The zero-order chi connectivity index (χ0) is 5.98. The Morgan fingerprint density at radius 2 is 1.60 bits per heavy atom. The van der Waals surface area contributed by atoms with Gasteiger partial charge >= 0.3 is 103 Å². The Balaban J connectivity index is 0. The van der Waals surface area contributed by atoms with Gasteiger partial charge in [0.25, 0.3) is 0 Å². The van der Waals surface area contributed by atoms with E-state index in [4.69, 9.17) is 5.73 Å². The summed E-state index contributed by atoms with van der Waals surface area (Å²) in [5, 5.41) is 0. The van der Waals surface area contributed by atoms with Crippen LogP contribution in [-0.2, 0) is 0 Å². The second-order valence-electron chi connectivity index (χ2n) is 1.41. The number of nitrogens with two attached hydrogens (primary N) is 1. The molecule has 0 spiro atoms. The summed E-state index contributed by atoms with van der Waals surface area (Å²) < 4.78 is 0. The normalized spacial score (nSPS) is 7.30. The molecule has 1 heterocycles. The first kappa shape index (κ1) is 14.7. The van der Waals surface area contributed by atoms with Gasteiger partial charge in [0.05, 0.1) is 0 Å². The first-order valence-electron chi connectivity index (χ1n) is 2.18. The third-order valence-corrected chi connectivity index (χ3v) is 0.676. The quantitative estimate of drug-likeness (QED) is 0.323. The Morgan fingerprint density at radius 1 is 1.20 bits per heavy atom. The molecule has 10 heavy (non-hydrogen) atoms. The Labute approximate surface area is 145 Å². The summed E-state index contributed by atoms with van der Waals surface area (Å²) in [6.07, 6.45) is 5.02. The Hall–Kier alpha value is 2.15. The van der Waals surface area contributed by atoms with E-state index in [2.05, 4.69) is 22.4 Å². The summed E-state index contributed by atoms with van der Waals surface area (Å²) >= 11 is 0. The molecule has 1 rings (SSSR count). The zero-order valence-corrected chi connectivity index (χ0v) is 12.7. The molecule has 0 saturated carbocycles. The number of nitrogen functional groups attached to an aromatic ring is 1. The fraction of sp³-hybridized carbons (Fsp3) is 0.200. The van der Waals surface area contributed by atoms with Crippen LogP contribution in [0.1, 0.15) is 5.82 Å². The van der Waals surface area contributed by atoms with Crippen molar-refractivity contribution in [3.05, 3.63) is 18.2 Å². The number of hydrogen-bond donors (Lipinski definition) is 1. The van der Waals surface area contributed by atoms with Gasteiger partial charge in [-0.15, -0.1) is 5.82 Å². The summed E-state index contributed by atoms with van der Waals surface area (Å²) in [7, 11) is 0. The van der Waals surface area contributed by atoms with E-state index in [1.165, 1.54) is 0 Å². The molecule has 0 aliphatic carbocycles. The second kappa shape index (κ2) is 7.78. The fourth-order valence-corrected chi connectivity index (χ4v) is 0.332. The van der Waals surface area contributed by atoms with Crippen molar-refractivity contribution >= 4 is 5.69 Å². The number of aryl methyl sites for hydroxylation is 1. The molecule has 0 fully saturated rings. The van der Waals surface area contributed by atoms with Gasteiger partial charge in [-0.2, -0.15) is 5.69 Å². The van der Waals surface area contributed by atoms with Crippen LogP contribution in [0.3, 0.4) is 0 Å². The van der Waals surface area contributed by atoms with E-state index in [0.29, 0.717) is 11.5 Å². The van der Waals surface area contributed by atoms with Crippen molar-refractivity contribution in [3.63, 3.8) is 0 Å². The van der Waals surface area contributed by atoms with Crippen LogP contribution in [0.25, 0.3) is 0 Å². The molecule has 0 aromatic carbocycles. The third kappa shape index (κ3) is 5.76. The second-order valence-corrected chi connectivity index (χ2v) is 1.41. The zero-order valence-electron chi connectivity index (χ0n) is 6.47. The van der Waals surface area contributed by atoms with Gasteiger partial charge in [0, 0.05) is 0 Å². The summed E-state index contributed by atoms with van der Waals surface area (Å²) in [6, 6.07) is 0. The minimum absolute atomic E-state index is 0. The standard InChI is InChI=1S/C5H5N3.2K/c1-4-7-2-5(6)3-8-4;;/h6H2,1H3;;/q-2;2*+1. The maximum atomic E-state index is 5.19.